The second-order valence-corrected chi connectivity index (χ2v) is 5.36. The summed E-state index contributed by atoms with van der Waals surface area (Å²) in [6.07, 6.45) is 3.21. The Hall–Kier alpha value is -2.83. The number of ether oxygens (including phenoxy) is 2. The molecule has 0 atom stereocenters. The molecule has 7 heteroatoms. The molecular formula is C17H22N4O3. The Morgan fingerprint density at radius 3 is 2.62 bits per heavy atom. The van der Waals surface area contributed by atoms with Gasteiger partial charge in [0.15, 0.2) is 5.82 Å². The Labute approximate surface area is 141 Å². The smallest absolute Gasteiger partial charge is 0.239 e. The van der Waals surface area contributed by atoms with E-state index in [4.69, 9.17) is 9.47 Å². The molecule has 0 unspecified atom stereocenters. The lowest BCUT2D eigenvalue weighted by Crippen LogP contribution is -2.33. The van der Waals surface area contributed by atoms with Crippen molar-refractivity contribution >= 4 is 11.7 Å². The van der Waals surface area contributed by atoms with E-state index in [1.807, 2.05) is 30.1 Å². The highest BCUT2D eigenvalue weighted by Gasteiger charge is 2.09. The van der Waals surface area contributed by atoms with Crippen LogP contribution in [0.15, 0.2) is 36.7 Å². The van der Waals surface area contributed by atoms with Crippen LogP contribution >= 0.6 is 0 Å². The SMILES string of the molecule is COc1cccc(Oc2cncc(N(C)CCN(C)C(C)=O)n2)c1. The molecule has 7 nitrogen and oxygen atoms in total. The van der Waals surface area contributed by atoms with Crippen LogP contribution in [0, 0.1) is 0 Å². The van der Waals surface area contributed by atoms with E-state index in [-0.39, 0.29) is 5.91 Å². The second-order valence-electron chi connectivity index (χ2n) is 5.36. The second kappa shape index (κ2) is 8.14. The average molecular weight is 330 g/mol. The summed E-state index contributed by atoms with van der Waals surface area (Å²) < 4.78 is 10.9. The van der Waals surface area contributed by atoms with E-state index in [0.717, 1.165) is 0 Å². The molecule has 0 bridgehead atoms. The van der Waals surface area contributed by atoms with Gasteiger partial charge in [0.25, 0.3) is 0 Å². The van der Waals surface area contributed by atoms with Crippen LogP contribution in [0.2, 0.25) is 0 Å². The average Bonchev–Trinajstić information content (AvgIpc) is 2.59. The minimum atomic E-state index is 0.0320. The number of methoxy groups -OCH3 is 1. The summed E-state index contributed by atoms with van der Waals surface area (Å²) in [6, 6.07) is 7.28. The molecule has 0 saturated carbocycles. The Kier molecular flexibility index (Phi) is 5.95. The van der Waals surface area contributed by atoms with E-state index in [1.54, 1.807) is 44.4 Å². The Balaban J connectivity index is 2.03. The molecule has 24 heavy (non-hydrogen) atoms. The normalized spacial score (nSPS) is 10.2. The monoisotopic (exact) mass is 330 g/mol. The lowest BCUT2D eigenvalue weighted by molar-refractivity contribution is -0.127. The number of anilines is 1. The van der Waals surface area contributed by atoms with Crippen molar-refractivity contribution in [3.05, 3.63) is 36.7 Å². The highest BCUT2D eigenvalue weighted by atomic mass is 16.5. The fraction of sp³-hybridized carbons (Fsp3) is 0.353. The van der Waals surface area contributed by atoms with Gasteiger partial charge in [-0.05, 0) is 12.1 Å². The first-order chi connectivity index (χ1) is 11.5. The van der Waals surface area contributed by atoms with Crippen molar-refractivity contribution in [2.24, 2.45) is 0 Å². The lowest BCUT2D eigenvalue weighted by Gasteiger charge is -2.22. The van der Waals surface area contributed by atoms with Gasteiger partial charge >= 0.3 is 0 Å². The molecule has 0 aliphatic rings. The topological polar surface area (TPSA) is 67.8 Å². The summed E-state index contributed by atoms with van der Waals surface area (Å²) in [6.45, 7) is 2.80. The number of amides is 1. The summed E-state index contributed by atoms with van der Waals surface area (Å²) in [7, 11) is 5.27. The van der Waals surface area contributed by atoms with Crippen LogP contribution < -0.4 is 14.4 Å². The molecular weight excluding hydrogens is 308 g/mol. The first kappa shape index (κ1) is 17.5. The van der Waals surface area contributed by atoms with Crippen molar-refractivity contribution in [1.29, 1.82) is 0 Å². The molecule has 0 radical (unpaired) electrons. The number of hydrogen-bond donors (Lipinski definition) is 0. The van der Waals surface area contributed by atoms with E-state index >= 15 is 0 Å². The van der Waals surface area contributed by atoms with Crippen LogP contribution in [0.25, 0.3) is 0 Å². The molecule has 0 aliphatic carbocycles. The minimum Gasteiger partial charge on any atom is -0.497 e. The Morgan fingerprint density at radius 1 is 1.17 bits per heavy atom. The maximum atomic E-state index is 11.3. The highest BCUT2D eigenvalue weighted by molar-refractivity contribution is 5.72. The first-order valence-electron chi connectivity index (χ1n) is 7.56. The number of hydrogen-bond acceptors (Lipinski definition) is 6. The van der Waals surface area contributed by atoms with Crippen LogP contribution in [0.1, 0.15) is 6.92 Å². The third kappa shape index (κ3) is 4.84. The molecule has 1 heterocycles. The van der Waals surface area contributed by atoms with Gasteiger partial charge in [-0.2, -0.15) is 4.98 Å². The van der Waals surface area contributed by atoms with Gasteiger partial charge in [-0.25, -0.2) is 0 Å². The zero-order chi connectivity index (χ0) is 17.5. The number of rotatable bonds is 7. The van der Waals surface area contributed by atoms with Crippen molar-refractivity contribution in [3.8, 4) is 17.4 Å². The van der Waals surface area contributed by atoms with Gasteiger partial charge in [0, 0.05) is 40.2 Å². The van der Waals surface area contributed by atoms with E-state index in [0.29, 0.717) is 36.3 Å². The van der Waals surface area contributed by atoms with Crippen LogP contribution in [-0.4, -0.2) is 55.1 Å². The predicted molar refractivity (Wildman–Crippen MR) is 91.7 cm³/mol. The van der Waals surface area contributed by atoms with Gasteiger partial charge < -0.3 is 19.3 Å². The van der Waals surface area contributed by atoms with E-state index in [9.17, 15) is 4.79 Å². The molecule has 2 aromatic rings. The Morgan fingerprint density at radius 2 is 1.92 bits per heavy atom. The highest BCUT2D eigenvalue weighted by Crippen LogP contribution is 2.24. The zero-order valence-corrected chi connectivity index (χ0v) is 14.4. The number of aromatic nitrogens is 2. The maximum Gasteiger partial charge on any atom is 0.239 e. The molecule has 1 aromatic carbocycles. The van der Waals surface area contributed by atoms with Crippen molar-refractivity contribution in [2.75, 3.05) is 39.2 Å². The number of carbonyl (C=O) groups is 1. The number of nitrogens with zero attached hydrogens (tertiary/aromatic N) is 4. The van der Waals surface area contributed by atoms with Gasteiger partial charge in [-0.3, -0.25) is 9.78 Å². The van der Waals surface area contributed by atoms with Gasteiger partial charge in [0.2, 0.25) is 11.8 Å². The van der Waals surface area contributed by atoms with E-state index in [1.165, 1.54) is 0 Å². The van der Waals surface area contributed by atoms with Crippen molar-refractivity contribution in [1.82, 2.24) is 14.9 Å². The Bertz CT molecular complexity index is 693. The summed E-state index contributed by atoms with van der Waals surface area (Å²) in [5, 5.41) is 0. The molecule has 0 aliphatic heterocycles. The molecule has 0 N–H and O–H groups in total. The third-order valence-electron chi connectivity index (χ3n) is 3.56. The third-order valence-corrected chi connectivity index (χ3v) is 3.56. The minimum absolute atomic E-state index is 0.0320. The molecule has 2 rings (SSSR count). The molecule has 0 saturated heterocycles. The molecule has 128 valence electrons. The van der Waals surface area contributed by atoms with Crippen molar-refractivity contribution in [3.63, 3.8) is 0 Å². The van der Waals surface area contributed by atoms with E-state index < -0.39 is 0 Å². The predicted octanol–water partition coefficient (Wildman–Crippen LogP) is 2.19. The van der Waals surface area contributed by atoms with Crippen molar-refractivity contribution < 1.29 is 14.3 Å². The number of benzene rings is 1. The standard InChI is InChI=1S/C17H22N4O3/c1-13(22)20(2)8-9-21(3)16-11-18-12-17(19-16)24-15-7-5-6-14(10-15)23-4/h5-7,10-12H,8-9H2,1-4H3. The first-order valence-corrected chi connectivity index (χ1v) is 7.56. The van der Waals surface area contributed by atoms with Crippen LogP contribution in [0.4, 0.5) is 5.82 Å². The largest absolute Gasteiger partial charge is 0.497 e. The fourth-order valence-electron chi connectivity index (χ4n) is 1.93. The van der Waals surface area contributed by atoms with Crippen molar-refractivity contribution in [2.45, 2.75) is 6.92 Å². The quantitative estimate of drug-likeness (QED) is 0.775. The number of carbonyl (C=O) groups excluding carboxylic acids is 1. The van der Waals surface area contributed by atoms with Gasteiger partial charge in [-0.15, -0.1) is 0 Å². The molecule has 1 amide bonds. The summed E-state index contributed by atoms with van der Waals surface area (Å²) in [5.41, 5.74) is 0. The van der Waals surface area contributed by atoms with Gasteiger partial charge in [0.05, 0.1) is 19.5 Å². The lowest BCUT2D eigenvalue weighted by atomic mass is 10.3. The summed E-state index contributed by atoms with van der Waals surface area (Å²) in [4.78, 5) is 23.4. The van der Waals surface area contributed by atoms with Gasteiger partial charge in [-0.1, -0.05) is 6.07 Å². The van der Waals surface area contributed by atoms with Crippen LogP contribution in [0.5, 0.6) is 17.4 Å². The van der Waals surface area contributed by atoms with Crippen LogP contribution in [-0.2, 0) is 4.79 Å². The fourth-order valence-corrected chi connectivity index (χ4v) is 1.93. The summed E-state index contributed by atoms with van der Waals surface area (Å²) >= 11 is 0. The zero-order valence-electron chi connectivity index (χ0n) is 14.4. The molecule has 0 fully saturated rings. The van der Waals surface area contributed by atoms with Gasteiger partial charge in [0.1, 0.15) is 11.5 Å². The number of likely N-dealkylation sites (N-methyl/N-ethyl adjacent to an activating group) is 2. The van der Waals surface area contributed by atoms with Crippen LogP contribution in [0.3, 0.4) is 0 Å². The van der Waals surface area contributed by atoms with E-state index in [2.05, 4.69) is 9.97 Å². The summed E-state index contributed by atoms with van der Waals surface area (Å²) in [5.74, 6) is 2.44. The maximum absolute atomic E-state index is 11.3. The molecule has 1 aromatic heterocycles. The molecule has 0 spiro atoms.